The lowest BCUT2D eigenvalue weighted by atomic mass is 9.79. The molecule has 8 heteroatoms. The summed E-state index contributed by atoms with van der Waals surface area (Å²) in [6.07, 6.45) is 2.60. The van der Waals surface area contributed by atoms with Crippen LogP contribution in [0.5, 0.6) is 11.5 Å². The second-order valence-electron chi connectivity index (χ2n) is 9.70. The van der Waals surface area contributed by atoms with Gasteiger partial charge in [0.1, 0.15) is 17.1 Å². The normalized spacial score (nSPS) is 20.3. The summed E-state index contributed by atoms with van der Waals surface area (Å²) in [6, 6.07) is 11.1. The second-order valence-corrected chi connectivity index (χ2v) is 10.1. The second kappa shape index (κ2) is 9.93. The van der Waals surface area contributed by atoms with Crippen molar-refractivity contribution in [3.8, 4) is 11.5 Å². The Morgan fingerprint density at radius 1 is 1.17 bits per heavy atom. The van der Waals surface area contributed by atoms with Gasteiger partial charge in [0.15, 0.2) is 5.11 Å². The fourth-order valence-electron chi connectivity index (χ4n) is 5.32. The van der Waals surface area contributed by atoms with Crippen LogP contribution in [0.25, 0.3) is 6.08 Å². The summed E-state index contributed by atoms with van der Waals surface area (Å²) in [5.41, 5.74) is 3.53. The number of thiocarbonyl (C=S) groups is 1. The van der Waals surface area contributed by atoms with Crippen molar-refractivity contribution in [3.05, 3.63) is 53.1 Å². The highest BCUT2D eigenvalue weighted by atomic mass is 32.1. The zero-order valence-electron chi connectivity index (χ0n) is 21.7. The molecule has 2 aliphatic rings. The Labute approximate surface area is 218 Å². The van der Waals surface area contributed by atoms with Gasteiger partial charge in [-0.2, -0.15) is 0 Å². The van der Waals surface area contributed by atoms with Crippen molar-refractivity contribution in [2.75, 3.05) is 30.1 Å². The number of ether oxygens (including phenoxy) is 2. The van der Waals surface area contributed by atoms with Crippen LogP contribution in [-0.4, -0.2) is 42.7 Å². The van der Waals surface area contributed by atoms with Crippen molar-refractivity contribution in [1.29, 1.82) is 0 Å². The molecular weight excluding hydrogens is 474 g/mol. The van der Waals surface area contributed by atoms with Gasteiger partial charge in [-0.25, -0.2) is 0 Å². The van der Waals surface area contributed by atoms with Gasteiger partial charge in [-0.15, -0.1) is 0 Å². The van der Waals surface area contributed by atoms with E-state index in [1.54, 1.807) is 37.5 Å². The Kier molecular flexibility index (Phi) is 7.09. The number of carbonyl (C=O) groups is 2. The lowest BCUT2D eigenvalue weighted by Crippen LogP contribution is -2.54. The van der Waals surface area contributed by atoms with E-state index in [1.807, 2.05) is 19.1 Å². The Bertz CT molecular complexity index is 1240. The Morgan fingerprint density at radius 3 is 2.47 bits per heavy atom. The van der Waals surface area contributed by atoms with Crippen LogP contribution in [0.2, 0.25) is 0 Å². The molecular formula is C28H33N3O4S. The SMILES string of the molecule is CCOc1ccc(N2C(=O)/C(=C\c3cc4c(cc3OC)N(CC)C(C)(C)CC4C)C(=O)NC2=S)cc1. The lowest BCUT2D eigenvalue weighted by Gasteiger charge is -2.47. The Hall–Kier alpha value is -3.39. The molecule has 190 valence electrons. The molecule has 1 unspecified atom stereocenters. The number of nitrogens with zero attached hydrogens (tertiary/aromatic N) is 2. The third kappa shape index (κ3) is 4.57. The molecule has 36 heavy (non-hydrogen) atoms. The molecule has 2 aliphatic heterocycles. The molecule has 1 saturated heterocycles. The van der Waals surface area contributed by atoms with E-state index < -0.39 is 11.8 Å². The first-order valence-electron chi connectivity index (χ1n) is 12.2. The molecule has 2 aromatic rings. The average Bonchev–Trinajstić information content (AvgIpc) is 2.82. The van der Waals surface area contributed by atoms with Crippen LogP contribution in [0.4, 0.5) is 11.4 Å². The smallest absolute Gasteiger partial charge is 0.270 e. The van der Waals surface area contributed by atoms with Crippen molar-refractivity contribution in [1.82, 2.24) is 5.32 Å². The summed E-state index contributed by atoms with van der Waals surface area (Å²) < 4.78 is 11.2. The average molecular weight is 508 g/mol. The van der Waals surface area contributed by atoms with Gasteiger partial charge < -0.3 is 14.4 Å². The van der Waals surface area contributed by atoms with E-state index in [0.29, 0.717) is 35.3 Å². The minimum Gasteiger partial charge on any atom is -0.496 e. The van der Waals surface area contributed by atoms with Crippen LogP contribution in [0.3, 0.4) is 0 Å². The lowest BCUT2D eigenvalue weighted by molar-refractivity contribution is -0.122. The third-order valence-electron chi connectivity index (χ3n) is 6.86. The van der Waals surface area contributed by atoms with Crippen molar-refractivity contribution in [3.63, 3.8) is 0 Å². The summed E-state index contributed by atoms with van der Waals surface area (Å²) >= 11 is 5.34. The van der Waals surface area contributed by atoms with Crippen LogP contribution < -0.4 is 24.6 Å². The molecule has 0 saturated carbocycles. The van der Waals surface area contributed by atoms with Crippen LogP contribution in [0.1, 0.15) is 58.1 Å². The first-order valence-corrected chi connectivity index (χ1v) is 12.7. The van der Waals surface area contributed by atoms with E-state index in [1.165, 1.54) is 10.5 Å². The number of anilines is 2. The van der Waals surface area contributed by atoms with Gasteiger partial charge in [-0.3, -0.25) is 19.8 Å². The zero-order chi connectivity index (χ0) is 26.2. The summed E-state index contributed by atoms with van der Waals surface area (Å²) in [5.74, 6) is 0.581. The maximum Gasteiger partial charge on any atom is 0.270 e. The van der Waals surface area contributed by atoms with Gasteiger partial charge in [0, 0.05) is 29.4 Å². The number of hydrogen-bond donors (Lipinski definition) is 1. The standard InChI is InChI=1S/C28H33N3O4S/c1-7-30-23-15-24(34-6)18(13-21(23)17(3)16-28(30,4)5)14-22-25(32)29-27(36)31(26(22)33)19-9-11-20(12-10-19)35-8-2/h9-15,17H,7-8,16H2,1-6H3,(H,29,32,36)/b22-14-. The molecule has 0 radical (unpaired) electrons. The van der Waals surface area contributed by atoms with E-state index in [2.05, 4.69) is 37.9 Å². The molecule has 1 fully saturated rings. The largest absolute Gasteiger partial charge is 0.496 e. The Morgan fingerprint density at radius 2 is 1.86 bits per heavy atom. The number of benzene rings is 2. The number of nitrogens with one attached hydrogen (secondary N) is 1. The molecule has 2 heterocycles. The topological polar surface area (TPSA) is 71.1 Å². The van der Waals surface area contributed by atoms with Gasteiger partial charge in [0.05, 0.1) is 19.4 Å². The maximum absolute atomic E-state index is 13.5. The maximum atomic E-state index is 13.5. The van der Waals surface area contributed by atoms with Crippen LogP contribution >= 0.6 is 12.2 Å². The van der Waals surface area contributed by atoms with Gasteiger partial charge in [0.2, 0.25) is 0 Å². The molecule has 7 nitrogen and oxygen atoms in total. The number of amides is 2. The Balaban J connectivity index is 1.76. The molecule has 2 amide bonds. The van der Waals surface area contributed by atoms with Crippen LogP contribution in [-0.2, 0) is 9.59 Å². The number of methoxy groups -OCH3 is 1. The summed E-state index contributed by atoms with van der Waals surface area (Å²) in [7, 11) is 1.60. The van der Waals surface area contributed by atoms with E-state index in [9.17, 15) is 9.59 Å². The van der Waals surface area contributed by atoms with Crippen LogP contribution in [0, 0.1) is 0 Å². The minimum absolute atomic E-state index is 0.00752. The molecule has 1 N–H and O–H groups in total. The van der Waals surface area contributed by atoms with Gasteiger partial charge >= 0.3 is 0 Å². The number of carbonyl (C=O) groups excluding carboxylic acids is 2. The summed E-state index contributed by atoms with van der Waals surface area (Å²) in [6.45, 7) is 12.2. The highest BCUT2D eigenvalue weighted by molar-refractivity contribution is 7.80. The molecule has 0 aliphatic carbocycles. The first-order chi connectivity index (χ1) is 17.1. The summed E-state index contributed by atoms with van der Waals surface area (Å²) in [4.78, 5) is 30.1. The van der Waals surface area contributed by atoms with Crippen molar-refractivity contribution < 1.29 is 19.1 Å². The number of fused-ring (bicyclic) bond motifs is 1. The zero-order valence-corrected chi connectivity index (χ0v) is 22.5. The quantitative estimate of drug-likeness (QED) is 0.336. The fraction of sp³-hybridized carbons (Fsp3) is 0.393. The van der Waals surface area contributed by atoms with E-state index in [0.717, 1.165) is 18.7 Å². The summed E-state index contributed by atoms with van der Waals surface area (Å²) in [5, 5.41) is 2.69. The molecule has 0 bridgehead atoms. The minimum atomic E-state index is -0.531. The monoisotopic (exact) mass is 507 g/mol. The van der Waals surface area contributed by atoms with Crippen molar-refractivity contribution >= 4 is 46.6 Å². The van der Waals surface area contributed by atoms with Gasteiger partial charge in [-0.05, 0) is 94.2 Å². The fourth-order valence-corrected chi connectivity index (χ4v) is 5.60. The predicted molar refractivity (Wildman–Crippen MR) is 147 cm³/mol. The van der Waals surface area contributed by atoms with Gasteiger partial charge in [-0.1, -0.05) is 6.92 Å². The predicted octanol–water partition coefficient (Wildman–Crippen LogP) is 5.04. The molecule has 4 rings (SSSR count). The third-order valence-corrected chi connectivity index (χ3v) is 7.15. The molecule has 1 atom stereocenters. The van der Waals surface area contributed by atoms with E-state index in [4.69, 9.17) is 21.7 Å². The van der Waals surface area contributed by atoms with E-state index in [-0.39, 0.29) is 16.2 Å². The first kappa shape index (κ1) is 25.7. The number of hydrogen-bond acceptors (Lipinski definition) is 6. The molecule has 0 aromatic heterocycles. The highest BCUT2D eigenvalue weighted by Crippen LogP contribution is 2.46. The van der Waals surface area contributed by atoms with E-state index >= 15 is 0 Å². The van der Waals surface area contributed by atoms with Crippen LogP contribution in [0.15, 0.2) is 42.0 Å². The molecule has 2 aromatic carbocycles. The molecule has 0 spiro atoms. The van der Waals surface area contributed by atoms with Crippen molar-refractivity contribution in [2.45, 2.75) is 52.5 Å². The van der Waals surface area contributed by atoms with Gasteiger partial charge in [0.25, 0.3) is 11.8 Å². The highest BCUT2D eigenvalue weighted by Gasteiger charge is 2.37. The van der Waals surface area contributed by atoms with Crippen molar-refractivity contribution in [2.24, 2.45) is 0 Å². The number of rotatable bonds is 6.